The zero-order valence-electron chi connectivity index (χ0n) is 16.7. The molecule has 0 saturated heterocycles. The molecule has 158 valence electrons. The van der Waals surface area contributed by atoms with E-state index in [0.29, 0.717) is 11.1 Å². The minimum atomic E-state index is -3.83. The van der Waals surface area contributed by atoms with E-state index in [1.165, 1.54) is 24.3 Å². The topological polar surface area (TPSA) is 121 Å². The van der Waals surface area contributed by atoms with E-state index >= 15 is 0 Å². The second-order valence-corrected chi connectivity index (χ2v) is 8.68. The molecule has 0 saturated carbocycles. The first-order chi connectivity index (χ1) is 14.1. The van der Waals surface area contributed by atoms with Crippen molar-refractivity contribution in [1.82, 2.24) is 9.80 Å². The fourth-order valence-corrected chi connectivity index (χ4v) is 3.79. The molecule has 3 N–H and O–H groups in total. The summed E-state index contributed by atoms with van der Waals surface area (Å²) < 4.78 is 22.8. The van der Waals surface area contributed by atoms with Crippen LogP contribution < -0.4 is 5.14 Å². The Bertz CT molecular complexity index is 1110. The number of aliphatic hydroxyl groups excluding tert-OH is 1. The van der Waals surface area contributed by atoms with Crippen molar-refractivity contribution >= 4 is 27.4 Å². The van der Waals surface area contributed by atoms with Gasteiger partial charge in [0.25, 0.3) is 11.8 Å². The van der Waals surface area contributed by atoms with Crippen LogP contribution in [-0.4, -0.2) is 55.3 Å². The number of aliphatic hydroxyl groups is 1. The van der Waals surface area contributed by atoms with Gasteiger partial charge in [0.05, 0.1) is 23.6 Å². The first-order valence-corrected chi connectivity index (χ1v) is 10.8. The van der Waals surface area contributed by atoms with Crippen LogP contribution in [0.2, 0.25) is 0 Å². The zero-order valence-corrected chi connectivity index (χ0v) is 17.5. The van der Waals surface area contributed by atoms with Gasteiger partial charge in [-0.1, -0.05) is 42.0 Å². The maximum atomic E-state index is 13.2. The number of hydrogen-bond acceptors (Lipinski definition) is 6. The largest absolute Gasteiger partial charge is 0.395 e. The van der Waals surface area contributed by atoms with E-state index in [4.69, 9.17) is 5.14 Å². The van der Waals surface area contributed by atoms with Crippen molar-refractivity contribution in [3.63, 3.8) is 0 Å². The number of carbonyl (C=O) groups is 2. The Labute approximate surface area is 175 Å². The van der Waals surface area contributed by atoms with Gasteiger partial charge in [0.1, 0.15) is 5.70 Å². The molecule has 0 fully saturated rings. The number of aryl methyl sites for hydroxylation is 1. The van der Waals surface area contributed by atoms with Crippen LogP contribution in [0.4, 0.5) is 0 Å². The van der Waals surface area contributed by atoms with Crippen LogP contribution in [0.15, 0.2) is 59.1 Å². The van der Waals surface area contributed by atoms with E-state index in [1.807, 2.05) is 19.1 Å². The lowest BCUT2D eigenvalue weighted by molar-refractivity contribution is -0.138. The summed E-state index contributed by atoms with van der Waals surface area (Å²) in [5, 5.41) is 14.4. The van der Waals surface area contributed by atoms with Gasteiger partial charge in [-0.25, -0.2) is 13.6 Å². The highest BCUT2D eigenvalue weighted by Crippen LogP contribution is 2.32. The highest BCUT2D eigenvalue weighted by atomic mass is 32.2. The molecule has 2 aromatic rings. The predicted octanol–water partition coefficient (Wildman–Crippen LogP) is 0.847. The predicted molar refractivity (Wildman–Crippen MR) is 111 cm³/mol. The Hall–Kier alpha value is -3.01. The van der Waals surface area contributed by atoms with Gasteiger partial charge < -0.3 is 10.0 Å². The van der Waals surface area contributed by atoms with Crippen molar-refractivity contribution in [2.24, 2.45) is 5.14 Å². The maximum Gasteiger partial charge on any atom is 0.278 e. The second-order valence-electron chi connectivity index (χ2n) is 7.12. The quantitative estimate of drug-likeness (QED) is 0.630. The second kappa shape index (κ2) is 8.39. The normalized spacial score (nSPS) is 14.6. The summed E-state index contributed by atoms with van der Waals surface area (Å²) in [7, 11) is -2.18. The molecule has 0 atom stereocenters. The van der Waals surface area contributed by atoms with Gasteiger partial charge in [-0.15, -0.1) is 0 Å². The van der Waals surface area contributed by atoms with Crippen LogP contribution in [0.1, 0.15) is 16.7 Å². The number of sulfonamides is 1. The van der Waals surface area contributed by atoms with Crippen LogP contribution >= 0.6 is 0 Å². The molecular formula is C21H23N3O5S. The minimum Gasteiger partial charge on any atom is -0.395 e. The van der Waals surface area contributed by atoms with Gasteiger partial charge in [-0.05, 0) is 30.2 Å². The smallest absolute Gasteiger partial charge is 0.278 e. The van der Waals surface area contributed by atoms with E-state index in [2.05, 4.69) is 0 Å². The molecule has 0 aliphatic carbocycles. The van der Waals surface area contributed by atoms with Gasteiger partial charge in [0.2, 0.25) is 10.0 Å². The summed E-state index contributed by atoms with van der Waals surface area (Å²) in [4.78, 5) is 29.0. The molecule has 30 heavy (non-hydrogen) atoms. The fraction of sp³-hybridized carbons (Fsp3) is 0.238. The molecule has 1 heterocycles. The summed E-state index contributed by atoms with van der Waals surface area (Å²) in [6, 6.07) is 13.0. The Morgan fingerprint density at radius 2 is 1.60 bits per heavy atom. The number of primary sulfonamides is 1. The first-order valence-electron chi connectivity index (χ1n) is 9.24. The van der Waals surface area contributed by atoms with Crippen LogP contribution in [0.3, 0.4) is 0 Å². The molecule has 9 heteroatoms. The molecule has 8 nitrogen and oxygen atoms in total. The SMILES string of the molecule is Cc1ccc(C2=C(N(C)CCO)C(=O)N(Cc3ccc(S(N)(=O)=O)cc3)C2=O)cc1. The molecule has 0 unspecified atom stereocenters. The maximum absolute atomic E-state index is 13.2. The molecule has 0 bridgehead atoms. The molecule has 0 spiro atoms. The average molecular weight is 429 g/mol. The van der Waals surface area contributed by atoms with Crippen molar-refractivity contribution in [3.8, 4) is 0 Å². The molecule has 1 aliphatic heterocycles. The molecule has 2 amide bonds. The number of imide groups is 1. The van der Waals surface area contributed by atoms with Crippen LogP contribution in [-0.2, 0) is 26.2 Å². The molecule has 0 radical (unpaired) electrons. The van der Waals surface area contributed by atoms with Crippen molar-refractivity contribution in [1.29, 1.82) is 0 Å². The van der Waals surface area contributed by atoms with Crippen LogP contribution in [0.5, 0.6) is 0 Å². The summed E-state index contributed by atoms with van der Waals surface area (Å²) in [5.74, 6) is -0.916. The van der Waals surface area contributed by atoms with E-state index < -0.39 is 21.8 Å². The number of amides is 2. The molecule has 0 aromatic heterocycles. The Balaban J connectivity index is 1.96. The van der Waals surface area contributed by atoms with E-state index in [0.717, 1.165) is 10.5 Å². The highest BCUT2D eigenvalue weighted by Gasteiger charge is 2.40. The Kier molecular flexibility index (Phi) is 6.06. The molecule has 2 aromatic carbocycles. The van der Waals surface area contributed by atoms with E-state index in [-0.39, 0.29) is 35.9 Å². The highest BCUT2D eigenvalue weighted by molar-refractivity contribution is 7.89. The fourth-order valence-electron chi connectivity index (χ4n) is 3.27. The third kappa shape index (κ3) is 4.28. The monoisotopic (exact) mass is 429 g/mol. The number of hydrogen-bond donors (Lipinski definition) is 2. The summed E-state index contributed by atoms with van der Waals surface area (Å²) in [6.07, 6.45) is 0. The number of nitrogens with zero attached hydrogens (tertiary/aromatic N) is 2. The summed E-state index contributed by atoms with van der Waals surface area (Å²) >= 11 is 0. The standard InChI is InChI=1S/C21H23N3O5S/c1-14-3-7-16(8-4-14)18-19(23(2)11-12-25)21(27)24(20(18)26)13-15-5-9-17(10-6-15)30(22,28)29/h3-10,25H,11-13H2,1-2H3,(H2,22,28,29). The third-order valence-corrected chi connectivity index (χ3v) is 5.82. The number of nitrogens with two attached hydrogens (primary N) is 1. The Morgan fingerprint density at radius 1 is 1.00 bits per heavy atom. The number of benzene rings is 2. The van der Waals surface area contributed by atoms with Gasteiger partial charge in [0.15, 0.2) is 0 Å². The van der Waals surface area contributed by atoms with Crippen molar-refractivity contribution in [2.75, 3.05) is 20.2 Å². The zero-order chi connectivity index (χ0) is 22.1. The summed E-state index contributed by atoms with van der Waals surface area (Å²) in [6.45, 7) is 1.93. The van der Waals surface area contributed by atoms with Gasteiger partial charge >= 0.3 is 0 Å². The van der Waals surface area contributed by atoms with Gasteiger partial charge in [-0.2, -0.15) is 0 Å². The van der Waals surface area contributed by atoms with E-state index in [1.54, 1.807) is 24.1 Å². The number of rotatable bonds is 7. The van der Waals surface area contributed by atoms with Crippen LogP contribution in [0.25, 0.3) is 5.57 Å². The minimum absolute atomic E-state index is 0.0195. The number of likely N-dealkylation sites (N-methyl/N-ethyl adjacent to an activating group) is 1. The van der Waals surface area contributed by atoms with Crippen molar-refractivity contribution in [3.05, 3.63) is 70.9 Å². The first kappa shape index (κ1) is 21.7. The molecule has 3 rings (SSSR count). The van der Waals surface area contributed by atoms with Crippen LogP contribution in [0, 0.1) is 6.92 Å². The Morgan fingerprint density at radius 3 is 2.13 bits per heavy atom. The van der Waals surface area contributed by atoms with Gasteiger partial charge in [0, 0.05) is 13.6 Å². The van der Waals surface area contributed by atoms with Crippen molar-refractivity contribution < 1.29 is 23.1 Å². The van der Waals surface area contributed by atoms with Crippen molar-refractivity contribution in [2.45, 2.75) is 18.4 Å². The lowest BCUT2D eigenvalue weighted by Gasteiger charge is -2.20. The molecule has 1 aliphatic rings. The lowest BCUT2D eigenvalue weighted by Crippen LogP contribution is -2.34. The third-order valence-electron chi connectivity index (χ3n) is 4.89. The van der Waals surface area contributed by atoms with E-state index in [9.17, 15) is 23.1 Å². The lowest BCUT2D eigenvalue weighted by atomic mass is 10.0. The average Bonchev–Trinajstić information content (AvgIpc) is 2.93. The number of carbonyl (C=O) groups excluding carboxylic acids is 2. The summed E-state index contributed by atoms with van der Waals surface area (Å²) in [5.41, 5.74) is 2.72. The molecular weight excluding hydrogens is 406 g/mol. The van der Waals surface area contributed by atoms with Gasteiger partial charge in [-0.3, -0.25) is 14.5 Å².